The number of carbonyl (C=O) groups excluding carboxylic acids is 1. The summed E-state index contributed by atoms with van der Waals surface area (Å²) in [4.78, 5) is 29.0. The third-order valence-electron chi connectivity index (χ3n) is 4.20. The zero-order chi connectivity index (χ0) is 21.5. The standard InChI is InChI=1S/C21H17Cl2N3O4/c22-19-9-4-15(11-20(19)23)12-25(13-16-3-1-2-10-24-16)21(27)14-30-18-7-5-17(6-8-18)26(28)29/h1-11H,12-14H2. The van der Waals surface area contributed by atoms with Crippen molar-refractivity contribution in [3.05, 3.63) is 98.3 Å². The van der Waals surface area contributed by atoms with Crippen LogP contribution < -0.4 is 4.74 Å². The van der Waals surface area contributed by atoms with Gasteiger partial charge in [0.2, 0.25) is 0 Å². The maximum absolute atomic E-state index is 12.9. The van der Waals surface area contributed by atoms with Crippen molar-refractivity contribution in [1.29, 1.82) is 0 Å². The molecular formula is C21H17Cl2N3O4. The summed E-state index contributed by atoms with van der Waals surface area (Å²) in [6.45, 7) is 0.339. The number of benzene rings is 2. The van der Waals surface area contributed by atoms with Crippen molar-refractivity contribution >= 4 is 34.8 Å². The first-order valence-electron chi connectivity index (χ1n) is 8.91. The van der Waals surface area contributed by atoms with Gasteiger partial charge in [-0.1, -0.05) is 35.3 Å². The van der Waals surface area contributed by atoms with E-state index in [-0.39, 0.29) is 31.3 Å². The Labute approximate surface area is 183 Å². The van der Waals surface area contributed by atoms with Gasteiger partial charge in [0.15, 0.2) is 6.61 Å². The van der Waals surface area contributed by atoms with Crippen LogP contribution in [0.15, 0.2) is 66.9 Å². The number of nitro benzene ring substituents is 1. The van der Waals surface area contributed by atoms with Crippen LogP contribution in [0.2, 0.25) is 10.0 Å². The predicted octanol–water partition coefficient (Wildman–Crippen LogP) is 4.90. The van der Waals surface area contributed by atoms with Crippen molar-refractivity contribution < 1.29 is 14.5 Å². The average molecular weight is 446 g/mol. The molecule has 2 aromatic carbocycles. The first-order valence-corrected chi connectivity index (χ1v) is 9.67. The molecule has 1 amide bonds. The number of nitrogens with zero attached hydrogens (tertiary/aromatic N) is 3. The minimum Gasteiger partial charge on any atom is -0.484 e. The zero-order valence-corrected chi connectivity index (χ0v) is 17.2. The molecule has 1 heterocycles. The average Bonchev–Trinajstić information content (AvgIpc) is 2.75. The van der Waals surface area contributed by atoms with Gasteiger partial charge in [0.25, 0.3) is 11.6 Å². The van der Waals surface area contributed by atoms with Gasteiger partial charge in [-0.3, -0.25) is 19.9 Å². The first kappa shape index (κ1) is 21.5. The Morgan fingerprint density at radius 2 is 1.80 bits per heavy atom. The number of ether oxygens (including phenoxy) is 1. The topological polar surface area (TPSA) is 85.6 Å². The van der Waals surface area contributed by atoms with Gasteiger partial charge in [-0.15, -0.1) is 0 Å². The molecule has 1 aromatic heterocycles. The Morgan fingerprint density at radius 3 is 2.43 bits per heavy atom. The van der Waals surface area contributed by atoms with Gasteiger partial charge in [0.1, 0.15) is 5.75 Å². The van der Waals surface area contributed by atoms with Gasteiger partial charge in [-0.2, -0.15) is 0 Å². The molecule has 9 heteroatoms. The SMILES string of the molecule is O=C(COc1ccc([N+](=O)[O-])cc1)N(Cc1ccc(Cl)c(Cl)c1)Cc1ccccn1. The van der Waals surface area contributed by atoms with E-state index in [4.69, 9.17) is 27.9 Å². The lowest BCUT2D eigenvalue weighted by Gasteiger charge is -2.23. The number of aromatic nitrogens is 1. The molecule has 0 aliphatic rings. The van der Waals surface area contributed by atoms with Crippen LogP contribution in [0.1, 0.15) is 11.3 Å². The molecule has 0 saturated heterocycles. The largest absolute Gasteiger partial charge is 0.484 e. The second kappa shape index (κ2) is 10.0. The number of nitro groups is 1. The highest BCUT2D eigenvalue weighted by atomic mass is 35.5. The lowest BCUT2D eigenvalue weighted by atomic mass is 10.2. The number of rotatable bonds is 8. The van der Waals surface area contributed by atoms with Crippen molar-refractivity contribution in [2.75, 3.05) is 6.61 Å². The summed E-state index contributed by atoms with van der Waals surface area (Å²) in [5.74, 6) is 0.0892. The van der Waals surface area contributed by atoms with Crippen molar-refractivity contribution in [3.63, 3.8) is 0 Å². The van der Waals surface area contributed by atoms with Crippen LogP contribution in [0.3, 0.4) is 0 Å². The summed E-state index contributed by atoms with van der Waals surface area (Å²) in [5, 5.41) is 11.6. The van der Waals surface area contributed by atoms with E-state index in [0.29, 0.717) is 15.8 Å². The number of pyridine rings is 1. The summed E-state index contributed by atoms with van der Waals surface area (Å²) >= 11 is 12.1. The van der Waals surface area contributed by atoms with Crippen LogP contribution in [0.25, 0.3) is 0 Å². The molecule has 0 atom stereocenters. The summed E-state index contributed by atoms with van der Waals surface area (Å²) in [6.07, 6.45) is 1.66. The Kier molecular flexibility index (Phi) is 7.21. The van der Waals surface area contributed by atoms with Gasteiger partial charge in [-0.25, -0.2) is 0 Å². The highest BCUT2D eigenvalue weighted by Gasteiger charge is 2.17. The second-order valence-electron chi connectivity index (χ2n) is 6.36. The number of non-ortho nitro benzene ring substituents is 1. The van der Waals surface area contributed by atoms with Crippen LogP contribution in [0.4, 0.5) is 5.69 Å². The monoisotopic (exact) mass is 445 g/mol. The zero-order valence-electron chi connectivity index (χ0n) is 15.7. The summed E-state index contributed by atoms with van der Waals surface area (Å²) < 4.78 is 5.52. The smallest absolute Gasteiger partial charge is 0.269 e. The molecule has 0 aliphatic heterocycles. The fraction of sp³-hybridized carbons (Fsp3) is 0.143. The fourth-order valence-electron chi connectivity index (χ4n) is 2.68. The van der Waals surface area contributed by atoms with Crippen LogP contribution >= 0.6 is 23.2 Å². The Hall–Kier alpha value is -3.16. The summed E-state index contributed by atoms with van der Waals surface area (Å²) in [7, 11) is 0. The molecule has 0 bridgehead atoms. The van der Waals surface area contributed by atoms with Crippen molar-refractivity contribution in [2.24, 2.45) is 0 Å². The van der Waals surface area contributed by atoms with Gasteiger partial charge in [0, 0.05) is 24.9 Å². The Bertz CT molecular complexity index is 1030. The van der Waals surface area contributed by atoms with Gasteiger partial charge in [0.05, 0.1) is 27.2 Å². The van der Waals surface area contributed by atoms with Crippen molar-refractivity contribution in [2.45, 2.75) is 13.1 Å². The first-order chi connectivity index (χ1) is 14.4. The second-order valence-corrected chi connectivity index (χ2v) is 7.17. The Balaban J connectivity index is 1.71. The predicted molar refractivity (Wildman–Crippen MR) is 114 cm³/mol. The molecular weight excluding hydrogens is 429 g/mol. The van der Waals surface area contributed by atoms with Crippen LogP contribution in [0, 0.1) is 10.1 Å². The fourth-order valence-corrected chi connectivity index (χ4v) is 3.00. The quantitative estimate of drug-likeness (QED) is 0.363. The molecule has 0 saturated carbocycles. The van der Waals surface area contributed by atoms with E-state index in [1.807, 2.05) is 12.1 Å². The number of hydrogen-bond acceptors (Lipinski definition) is 5. The normalized spacial score (nSPS) is 10.5. The molecule has 0 spiro atoms. The molecule has 0 unspecified atom stereocenters. The van der Waals surface area contributed by atoms with E-state index < -0.39 is 4.92 Å². The third kappa shape index (κ3) is 5.92. The summed E-state index contributed by atoms with van der Waals surface area (Å²) in [6, 6.07) is 16.2. The molecule has 30 heavy (non-hydrogen) atoms. The van der Waals surface area contributed by atoms with E-state index >= 15 is 0 Å². The number of carbonyl (C=O) groups is 1. The van der Waals surface area contributed by atoms with E-state index in [1.54, 1.807) is 35.4 Å². The highest BCUT2D eigenvalue weighted by Crippen LogP contribution is 2.24. The van der Waals surface area contributed by atoms with Crippen LogP contribution in [-0.2, 0) is 17.9 Å². The molecule has 0 fully saturated rings. The lowest BCUT2D eigenvalue weighted by molar-refractivity contribution is -0.384. The maximum Gasteiger partial charge on any atom is 0.269 e. The molecule has 154 valence electrons. The summed E-state index contributed by atoms with van der Waals surface area (Å²) in [5.41, 5.74) is 1.48. The number of hydrogen-bond donors (Lipinski definition) is 0. The van der Waals surface area contributed by atoms with E-state index in [1.165, 1.54) is 24.3 Å². The third-order valence-corrected chi connectivity index (χ3v) is 4.94. The van der Waals surface area contributed by atoms with E-state index in [2.05, 4.69) is 4.98 Å². The van der Waals surface area contributed by atoms with E-state index in [0.717, 1.165) is 11.3 Å². The minimum absolute atomic E-state index is 0.0509. The van der Waals surface area contributed by atoms with Crippen molar-refractivity contribution in [3.8, 4) is 5.75 Å². The van der Waals surface area contributed by atoms with Crippen LogP contribution in [0.5, 0.6) is 5.75 Å². The highest BCUT2D eigenvalue weighted by molar-refractivity contribution is 6.42. The van der Waals surface area contributed by atoms with Gasteiger partial charge in [-0.05, 0) is 42.0 Å². The number of amides is 1. The lowest BCUT2D eigenvalue weighted by Crippen LogP contribution is -2.34. The maximum atomic E-state index is 12.9. The molecule has 0 radical (unpaired) electrons. The number of halogens is 2. The van der Waals surface area contributed by atoms with Gasteiger partial charge < -0.3 is 9.64 Å². The molecule has 0 aliphatic carbocycles. The molecule has 0 N–H and O–H groups in total. The van der Waals surface area contributed by atoms with E-state index in [9.17, 15) is 14.9 Å². The van der Waals surface area contributed by atoms with Crippen LogP contribution in [-0.4, -0.2) is 27.3 Å². The Morgan fingerprint density at radius 1 is 1.03 bits per heavy atom. The minimum atomic E-state index is -0.499. The molecule has 7 nitrogen and oxygen atoms in total. The molecule has 3 aromatic rings. The van der Waals surface area contributed by atoms with Gasteiger partial charge >= 0.3 is 0 Å². The molecule has 3 rings (SSSR count). The van der Waals surface area contributed by atoms with Crippen molar-refractivity contribution in [1.82, 2.24) is 9.88 Å².